The van der Waals surface area contributed by atoms with E-state index in [1.807, 2.05) is 78.6 Å². The van der Waals surface area contributed by atoms with Gasteiger partial charge in [-0.3, -0.25) is 4.79 Å². The maximum absolute atomic E-state index is 13.2. The second kappa shape index (κ2) is 11.4. The van der Waals surface area contributed by atoms with Gasteiger partial charge in [-0.15, -0.1) is 10.2 Å². The number of benzene rings is 3. The van der Waals surface area contributed by atoms with Gasteiger partial charge >= 0.3 is 0 Å². The summed E-state index contributed by atoms with van der Waals surface area (Å²) in [4.78, 5) is 15.0. The first kappa shape index (κ1) is 23.4. The molecule has 0 aliphatic carbocycles. The Kier molecular flexibility index (Phi) is 7.83. The van der Waals surface area contributed by atoms with Crippen LogP contribution in [0.25, 0.3) is 22.9 Å². The van der Waals surface area contributed by atoms with Gasteiger partial charge in [-0.2, -0.15) is 0 Å². The Morgan fingerprint density at radius 1 is 0.882 bits per heavy atom. The second-order valence-corrected chi connectivity index (χ2v) is 8.18. The van der Waals surface area contributed by atoms with Crippen LogP contribution in [0.1, 0.15) is 27.9 Å². The number of ether oxygens (including phenoxy) is 1. The van der Waals surface area contributed by atoms with Crippen molar-refractivity contribution in [2.24, 2.45) is 0 Å². The molecule has 0 unspecified atom stereocenters. The fourth-order valence-electron chi connectivity index (χ4n) is 3.83. The summed E-state index contributed by atoms with van der Waals surface area (Å²) in [6.07, 6.45) is 1.82. The van der Waals surface area contributed by atoms with E-state index in [0.717, 1.165) is 29.5 Å². The number of rotatable bonds is 10. The van der Waals surface area contributed by atoms with Crippen LogP contribution in [0.5, 0.6) is 0 Å². The van der Waals surface area contributed by atoms with Crippen molar-refractivity contribution in [3.63, 3.8) is 0 Å². The minimum Gasteiger partial charge on any atom is -0.416 e. The SMILES string of the molecule is COCCN(CCCc1ccccc1)C(=O)c1ccc(-c2nnc(-c3ccccc3C)o2)cc1. The Morgan fingerprint density at radius 2 is 1.59 bits per heavy atom. The van der Waals surface area contributed by atoms with Crippen molar-refractivity contribution in [1.29, 1.82) is 0 Å². The fraction of sp³-hybridized carbons (Fsp3) is 0.250. The summed E-state index contributed by atoms with van der Waals surface area (Å²) in [5.74, 6) is 0.900. The topological polar surface area (TPSA) is 68.5 Å². The third-order valence-corrected chi connectivity index (χ3v) is 5.77. The summed E-state index contributed by atoms with van der Waals surface area (Å²) in [6.45, 7) is 3.73. The van der Waals surface area contributed by atoms with Gasteiger partial charge in [-0.1, -0.05) is 48.5 Å². The normalized spacial score (nSPS) is 10.9. The van der Waals surface area contributed by atoms with Crippen LogP contribution in [0.4, 0.5) is 0 Å². The first-order chi connectivity index (χ1) is 16.7. The van der Waals surface area contributed by atoms with E-state index in [9.17, 15) is 4.79 Å². The fourth-order valence-corrected chi connectivity index (χ4v) is 3.83. The predicted octanol–water partition coefficient (Wildman–Crippen LogP) is 5.43. The maximum Gasteiger partial charge on any atom is 0.253 e. The zero-order valence-corrected chi connectivity index (χ0v) is 19.6. The molecule has 174 valence electrons. The minimum absolute atomic E-state index is 0.0113. The molecule has 1 aromatic heterocycles. The lowest BCUT2D eigenvalue weighted by atomic mass is 10.1. The standard InChI is InChI=1S/C28H29N3O3/c1-21-9-6-7-13-25(21)27-30-29-26(34-27)23-14-16-24(17-15-23)28(32)31(19-20-33-2)18-8-12-22-10-4-3-5-11-22/h3-7,9-11,13-17H,8,12,18-20H2,1-2H3. The Balaban J connectivity index is 1.43. The molecule has 4 aromatic rings. The van der Waals surface area contributed by atoms with Gasteiger partial charge in [0.05, 0.1) is 6.61 Å². The van der Waals surface area contributed by atoms with Gasteiger partial charge in [-0.25, -0.2) is 0 Å². The van der Waals surface area contributed by atoms with E-state index in [1.165, 1.54) is 5.56 Å². The van der Waals surface area contributed by atoms with E-state index in [4.69, 9.17) is 9.15 Å². The van der Waals surface area contributed by atoms with Crippen LogP contribution < -0.4 is 0 Å². The van der Waals surface area contributed by atoms with Crippen LogP contribution in [0.15, 0.2) is 83.3 Å². The minimum atomic E-state index is -0.0113. The highest BCUT2D eigenvalue weighted by molar-refractivity contribution is 5.94. The highest BCUT2D eigenvalue weighted by Crippen LogP contribution is 2.26. The van der Waals surface area contributed by atoms with Gasteiger partial charge in [0, 0.05) is 36.9 Å². The van der Waals surface area contributed by atoms with Crippen molar-refractivity contribution in [1.82, 2.24) is 15.1 Å². The van der Waals surface area contributed by atoms with Crippen LogP contribution in [-0.4, -0.2) is 47.8 Å². The van der Waals surface area contributed by atoms with Gasteiger partial charge in [0.2, 0.25) is 11.8 Å². The number of methoxy groups -OCH3 is 1. The lowest BCUT2D eigenvalue weighted by Gasteiger charge is -2.22. The quantitative estimate of drug-likeness (QED) is 0.319. The summed E-state index contributed by atoms with van der Waals surface area (Å²) >= 11 is 0. The number of carbonyl (C=O) groups excluding carboxylic acids is 1. The lowest BCUT2D eigenvalue weighted by Crippen LogP contribution is -2.35. The highest BCUT2D eigenvalue weighted by Gasteiger charge is 2.17. The smallest absolute Gasteiger partial charge is 0.253 e. The van der Waals surface area contributed by atoms with Gasteiger partial charge < -0.3 is 14.1 Å². The highest BCUT2D eigenvalue weighted by atomic mass is 16.5. The zero-order chi connectivity index (χ0) is 23.8. The largest absolute Gasteiger partial charge is 0.416 e. The number of nitrogens with zero attached hydrogens (tertiary/aromatic N) is 3. The Hall–Kier alpha value is -3.77. The average molecular weight is 456 g/mol. The van der Waals surface area contributed by atoms with Gasteiger partial charge in [0.1, 0.15) is 0 Å². The molecular weight excluding hydrogens is 426 g/mol. The van der Waals surface area contributed by atoms with Crippen molar-refractivity contribution in [2.75, 3.05) is 26.8 Å². The van der Waals surface area contributed by atoms with Crippen molar-refractivity contribution in [3.8, 4) is 22.9 Å². The average Bonchev–Trinajstić information content (AvgIpc) is 3.37. The molecule has 0 atom stereocenters. The molecule has 34 heavy (non-hydrogen) atoms. The molecule has 0 fully saturated rings. The number of hydrogen-bond acceptors (Lipinski definition) is 5. The molecule has 6 heteroatoms. The molecule has 6 nitrogen and oxygen atoms in total. The molecule has 0 aliphatic rings. The number of aromatic nitrogens is 2. The van der Waals surface area contributed by atoms with Gasteiger partial charge in [0.15, 0.2) is 0 Å². The van der Waals surface area contributed by atoms with Crippen molar-refractivity contribution < 1.29 is 13.9 Å². The molecule has 1 amide bonds. The molecule has 0 saturated heterocycles. The lowest BCUT2D eigenvalue weighted by molar-refractivity contribution is 0.0693. The number of aryl methyl sites for hydroxylation is 2. The Labute approximate surface area is 200 Å². The first-order valence-corrected chi connectivity index (χ1v) is 11.5. The van der Waals surface area contributed by atoms with E-state index in [0.29, 0.717) is 37.0 Å². The van der Waals surface area contributed by atoms with E-state index in [2.05, 4.69) is 22.3 Å². The summed E-state index contributed by atoms with van der Waals surface area (Å²) in [5.41, 5.74) is 4.66. The summed E-state index contributed by atoms with van der Waals surface area (Å²) < 4.78 is 11.1. The van der Waals surface area contributed by atoms with Gasteiger partial charge in [-0.05, 0) is 61.2 Å². The molecular formula is C28H29N3O3. The zero-order valence-electron chi connectivity index (χ0n) is 19.6. The number of carbonyl (C=O) groups is 1. The molecule has 0 bridgehead atoms. The molecule has 0 saturated carbocycles. The second-order valence-electron chi connectivity index (χ2n) is 8.18. The van der Waals surface area contributed by atoms with Crippen LogP contribution in [-0.2, 0) is 11.2 Å². The first-order valence-electron chi connectivity index (χ1n) is 11.5. The molecule has 0 radical (unpaired) electrons. The van der Waals surface area contributed by atoms with Crippen molar-refractivity contribution >= 4 is 5.91 Å². The van der Waals surface area contributed by atoms with Crippen LogP contribution in [0, 0.1) is 6.92 Å². The summed E-state index contributed by atoms with van der Waals surface area (Å²) in [6, 6.07) is 25.5. The molecule has 1 heterocycles. The van der Waals surface area contributed by atoms with Crippen molar-refractivity contribution in [3.05, 3.63) is 95.6 Å². The maximum atomic E-state index is 13.2. The molecule has 4 rings (SSSR count). The van der Waals surface area contributed by atoms with Crippen molar-refractivity contribution in [2.45, 2.75) is 19.8 Å². The van der Waals surface area contributed by atoms with Crippen LogP contribution in [0.2, 0.25) is 0 Å². The predicted molar refractivity (Wildman–Crippen MR) is 132 cm³/mol. The Bertz CT molecular complexity index is 1200. The monoisotopic (exact) mass is 455 g/mol. The number of hydrogen-bond donors (Lipinski definition) is 0. The summed E-state index contributed by atoms with van der Waals surface area (Å²) in [7, 11) is 1.65. The molecule has 0 spiro atoms. The van der Waals surface area contributed by atoms with Gasteiger partial charge in [0.25, 0.3) is 5.91 Å². The van der Waals surface area contributed by atoms with E-state index >= 15 is 0 Å². The molecule has 0 aliphatic heterocycles. The third-order valence-electron chi connectivity index (χ3n) is 5.77. The van der Waals surface area contributed by atoms with E-state index < -0.39 is 0 Å². The van der Waals surface area contributed by atoms with E-state index in [1.54, 1.807) is 7.11 Å². The number of amides is 1. The third kappa shape index (κ3) is 5.77. The Morgan fingerprint density at radius 3 is 2.32 bits per heavy atom. The van der Waals surface area contributed by atoms with Crippen LogP contribution in [0.3, 0.4) is 0 Å². The molecule has 3 aromatic carbocycles. The van der Waals surface area contributed by atoms with E-state index in [-0.39, 0.29) is 5.91 Å². The van der Waals surface area contributed by atoms with Crippen LogP contribution >= 0.6 is 0 Å². The summed E-state index contributed by atoms with van der Waals surface area (Å²) in [5, 5.41) is 8.39. The molecule has 0 N–H and O–H groups in total.